The summed E-state index contributed by atoms with van der Waals surface area (Å²) in [5, 5.41) is 0. The first-order valence-electron chi connectivity index (χ1n) is 5.70. The van der Waals surface area contributed by atoms with Gasteiger partial charge >= 0.3 is 5.69 Å². The number of aromatic nitrogens is 2. The maximum Gasteiger partial charge on any atom is 0.328 e. The molecule has 0 bridgehead atoms. The van der Waals surface area contributed by atoms with Gasteiger partial charge in [-0.3, -0.25) is 9.13 Å². The number of rotatable bonds is 3. The van der Waals surface area contributed by atoms with Crippen LogP contribution in [-0.2, 0) is 6.54 Å². The molecule has 1 aromatic carbocycles. The van der Waals surface area contributed by atoms with Gasteiger partial charge in [-0.2, -0.15) is 0 Å². The highest BCUT2D eigenvalue weighted by Crippen LogP contribution is 2.16. The average Bonchev–Trinajstić information content (AvgIpc) is 2.64. The molecule has 0 atom stereocenters. The van der Waals surface area contributed by atoms with E-state index in [0.29, 0.717) is 10.0 Å². The van der Waals surface area contributed by atoms with Gasteiger partial charge in [-0.05, 0) is 26.0 Å². The number of halogens is 2. The molecule has 3 nitrogen and oxygen atoms in total. The SMILES string of the molecule is CC(C)n1ccn(Cc2ccc(Br)cc2F)c1=O. The van der Waals surface area contributed by atoms with Crippen LogP contribution in [0.3, 0.4) is 0 Å². The van der Waals surface area contributed by atoms with Gasteiger partial charge in [-0.1, -0.05) is 22.0 Å². The summed E-state index contributed by atoms with van der Waals surface area (Å²) in [7, 11) is 0. The van der Waals surface area contributed by atoms with Crippen LogP contribution >= 0.6 is 15.9 Å². The van der Waals surface area contributed by atoms with E-state index in [1.807, 2.05) is 13.8 Å². The van der Waals surface area contributed by atoms with Crippen molar-refractivity contribution in [1.82, 2.24) is 9.13 Å². The number of hydrogen-bond acceptors (Lipinski definition) is 1. The van der Waals surface area contributed by atoms with Crippen LogP contribution in [0.4, 0.5) is 4.39 Å². The Labute approximate surface area is 113 Å². The minimum absolute atomic E-state index is 0.105. The van der Waals surface area contributed by atoms with E-state index in [9.17, 15) is 9.18 Å². The van der Waals surface area contributed by atoms with Crippen LogP contribution in [0.5, 0.6) is 0 Å². The molecule has 0 unspecified atom stereocenters. The van der Waals surface area contributed by atoms with Crippen molar-refractivity contribution in [2.75, 3.05) is 0 Å². The van der Waals surface area contributed by atoms with E-state index in [1.165, 1.54) is 10.6 Å². The maximum absolute atomic E-state index is 13.7. The van der Waals surface area contributed by atoms with Gasteiger partial charge in [0.15, 0.2) is 0 Å². The number of hydrogen-bond donors (Lipinski definition) is 0. The predicted molar refractivity (Wildman–Crippen MR) is 72.3 cm³/mol. The van der Waals surface area contributed by atoms with Gasteiger partial charge < -0.3 is 0 Å². The standard InChI is InChI=1S/C13H14BrFN2O/c1-9(2)17-6-5-16(13(17)18)8-10-3-4-11(14)7-12(10)15/h3-7,9H,8H2,1-2H3. The molecule has 2 aromatic rings. The van der Waals surface area contributed by atoms with E-state index in [1.54, 1.807) is 29.1 Å². The minimum atomic E-state index is -0.312. The number of nitrogens with zero attached hydrogens (tertiary/aromatic N) is 2. The van der Waals surface area contributed by atoms with E-state index >= 15 is 0 Å². The third kappa shape index (κ3) is 2.56. The molecule has 0 radical (unpaired) electrons. The molecule has 1 aromatic heterocycles. The lowest BCUT2D eigenvalue weighted by molar-refractivity contribution is 0.553. The largest absolute Gasteiger partial charge is 0.328 e. The molecule has 0 aliphatic rings. The molecule has 18 heavy (non-hydrogen) atoms. The van der Waals surface area contributed by atoms with E-state index in [2.05, 4.69) is 15.9 Å². The molecule has 2 rings (SSSR count). The van der Waals surface area contributed by atoms with Crippen LogP contribution in [0.1, 0.15) is 25.5 Å². The Morgan fingerprint density at radius 1 is 1.33 bits per heavy atom. The number of imidazole rings is 1. The molecule has 5 heteroatoms. The lowest BCUT2D eigenvalue weighted by atomic mass is 10.2. The molecule has 0 saturated carbocycles. The van der Waals surface area contributed by atoms with Gasteiger partial charge in [-0.15, -0.1) is 0 Å². The topological polar surface area (TPSA) is 26.9 Å². The second kappa shape index (κ2) is 5.10. The fraction of sp³-hybridized carbons (Fsp3) is 0.308. The van der Waals surface area contributed by atoms with Crippen molar-refractivity contribution in [3.05, 3.63) is 56.9 Å². The number of benzene rings is 1. The highest BCUT2D eigenvalue weighted by atomic mass is 79.9. The smallest absolute Gasteiger partial charge is 0.297 e. The second-order valence-electron chi connectivity index (χ2n) is 4.45. The minimum Gasteiger partial charge on any atom is -0.297 e. The predicted octanol–water partition coefficient (Wildman–Crippen LogP) is 3.18. The Hall–Kier alpha value is -1.36. The van der Waals surface area contributed by atoms with Crippen molar-refractivity contribution in [1.29, 1.82) is 0 Å². The van der Waals surface area contributed by atoms with Crippen LogP contribution in [0.2, 0.25) is 0 Å². The van der Waals surface area contributed by atoms with Gasteiger partial charge in [0.25, 0.3) is 0 Å². The molecule has 0 spiro atoms. The Balaban J connectivity index is 2.32. The molecule has 0 aliphatic carbocycles. The van der Waals surface area contributed by atoms with E-state index in [0.717, 1.165) is 0 Å². The van der Waals surface area contributed by atoms with Gasteiger partial charge in [0, 0.05) is 28.5 Å². The summed E-state index contributed by atoms with van der Waals surface area (Å²) in [6, 6.07) is 4.95. The Morgan fingerprint density at radius 3 is 2.61 bits per heavy atom. The summed E-state index contributed by atoms with van der Waals surface area (Å²) >= 11 is 3.21. The lowest BCUT2D eigenvalue weighted by Crippen LogP contribution is -2.25. The van der Waals surface area contributed by atoms with Crippen LogP contribution in [-0.4, -0.2) is 9.13 Å². The summed E-state index contributed by atoms with van der Waals surface area (Å²) in [6.45, 7) is 4.12. The van der Waals surface area contributed by atoms with Gasteiger partial charge in [0.1, 0.15) is 5.82 Å². The molecule has 0 N–H and O–H groups in total. The summed E-state index contributed by atoms with van der Waals surface area (Å²) in [4.78, 5) is 12.0. The molecule has 0 saturated heterocycles. The van der Waals surface area contributed by atoms with Crippen LogP contribution in [0.15, 0.2) is 39.9 Å². The van der Waals surface area contributed by atoms with Crippen LogP contribution < -0.4 is 5.69 Å². The molecule has 0 aliphatic heterocycles. The van der Waals surface area contributed by atoms with Gasteiger partial charge in [0.2, 0.25) is 0 Å². The van der Waals surface area contributed by atoms with Gasteiger partial charge in [0.05, 0.1) is 6.54 Å². The van der Waals surface area contributed by atoms with Crippen LogP contribution in [0.25, 0.3) is 0 Å². The summed E-state index contributed by atoms with van der Waals surface area (Å²) in [6.07, 6.45) is 3.41. The molecular formula is C13H14BrFN2O. The highest BCUT2D eigenvalue weighted by Gasteiger charge is 2.09. The average molecular weight is 313 g/mol. The van der Waals surface area contributed by atoms with Crippen molar-refractivity contribution in [3.8, 4) is 0 Å². The first kappa shape index (κ1) is 13.1. The Bertz CT molecular complexity index is 616. The third-order valence-electron chi connectivity index (χ3n) is 2.79. The Kier molecular flexibility index (Phi) is 3.71. The third-order valence-corrected chi connectivity index (χ3v) is 3.28. The highest BCUT2D eigenvalue weighted by molar-refractivity contribution is 9.10. The monoisotopic (exact) mass is 312 g/mol. The normalized spacial score (nSPS) is 11.2. The van der Waals surface area contributed by atoms with Crippen LogP contribution in [0, 0.1) is 5.82 Å². The molecule has 0 amide bonds. The van der Waals surface area contributed by atoms with Crippen molar-refractivity contribution in [3.63, 3.8) is 0 Å². The van der Waals surface area contributed by atoms with Crippen molar-refractivity contribution >= 4 is 15.9 Å². The zero-order chi connectivity index (χ0) is 13.3. The van der Waals surface area contributed by atoms with E-state index < -0.39 is 0 Å². The lowest BCUT2D eigenvalue weighted by Gasteiger charge is -2.06. The molecule has 0 fully saturated rings. The first-order chi connectivity index (χ1) is 8.49. The van der Waals surface area contributed by atoms with Crippen molar-refractivity contribution in [2.24, 2.45) is 0 Å². The summed E-state index contributed by atoms with van der Waals surface area (Å²) in [5.41, 5.74) is 0.383. The second-order valence-corrected chi connectivity index (χ2v) is 5.36. The van der Waals surface area contributed by atoms with E-state index in [-0.39, 0.29) is 24.1 Å². The summed E-state index contributed by atoms with van der Waals surface area (Å²) < 4.78 is 17.5. The maximum atomic E-state index is 13.7. The van der Waals surface area contributed by atoms with Crippen molar-refractivity contribution < 1.29 is 4.39 Å². The fourth-order valence-electron chi connectivity index (χ4n) is 1.77. The van der Waals surface area contributed by atoms with Gasteiger partial charge in [-0.25, -0.2) is 9.18 Å². The zero-order valence-corrected chi connectivity index (χ0v) is 11.8. The fourth-order valence-corrected chi connectivity index (χ4v) is 2.11. The van der Waals surface area contributed by atoms with E-state index in [4.69, 9.17) is 0 Å². The zero-order valence-electron chi connectivity index (χ0n) is 10.2. The molecule has 96 valence electrons. The first-order valence-corrected chi connectivity index (χ1v) is 6.49. The Morgan fingerprint density at radius 2 is 2.06 bits per heavy atom. The molecule has 1 heterocycles. The summed E-state index contributed by atoms with van der Waals surface area (Å²) in [5.74, 6) is -0.312. The van der Waals surface area contributed by atoms with Crippen molar-refractivity contribution in [2.45, 2.75) is 26.4 Å². The molecular weight excluding hydrogens is 299 g/mol. The quantitative estimate of drug-likeness (QED) is 0.855.